The molecule has 2 aromatic heterocycles. The molecule has 0 aromatic carbocycles. The first-order chi connectivity index (χ1) is 7.81. The van der Waals surface area contributed by atoms with Crippen LogP contribution in [0.2, 0.25) is 0 Å². The second-order valence-electron chi connectivity index (χ2n) is 2.95. The number of furan rings is 1. The number of hydrogen-bond acceptors (Lipinski definition) is 5. The molecule has 0 unspecified atom stereocenters. The average Bonchev–Trinajstić information content (AvgIpc) is 2.60. The first-order valence-corrected chi connectivity index (χ1v) is 5.54. The van der Waals surface area contributed by atoms with E-state index in [-0.39, 0.29) is 11.0 Å². The second-order valence-corrected chi connectivity index (χ2v) is 4.49. The van der Waals surface area contributed by atoms with E-state index in [1.807, 2.05) is 0 Å². The fourth-order valence-electron chi connectivity index (χ4n) is 1.09. The number of aromatic nitrogens is 1. The summed E-state index contributed by atoms with van der Waals surface area (Å²) in [5.74, 6) is -0.528. The largest absolute Gasteiger partial charge is 0.534 e. The van der Waals surface area contributed by atoms with Crippen molar-refractivity contribution in [1.82, 2.24) is 4.98 Å². The molecule has 0 fully saturated rings. The molecule has 0 bridgehead atoms. The smallest absolute Gasteiger partial charge is 0.459 e. The summed E-state index contributed by atoms with van der Waals surface area (Å²) < 4.78 is 66.5. The molecular weight excluding hydrogens is 263 g/mol. The summed E-state index contributed by atoms with van der Waals surface area (Å²) in [6.07, 6.45) is 3.27. The van der Waals surface area contributed by atoms with Gasteiger partial charge in [0.2, 0.25) is 0 Å². The number of fused-ring (bicyclic) bond motifs is 1. The Morgan fingerprint density at radius 1 is 1.35 bits per heavy atom. The minimum Gasteiger partial charge on any atom is -0.459 e. The third kappa shape index (κ3) is 2.05. The normalized spacial score (nSPS) is 12.9. The lowest BCUT2D eigenvalue weighted by atomic mass is 10.3. The van der Waals surface area contributed by atoms with E-state index in [1.54, 1.807) is 0 Å². The van der Waals surface area contributed by atoms with Crippen molar-refractivity contribution in [3.63, 3.8) is 0 Å². The molecule has 0 N–H and O–H groups in total. The summed E-state index contributed by atoms with van der Waals surface area (Å²) in [4.78, 5) is 3.65. The summed E-state index contributed by atoms with van der Waals surface area (Å²) >= 11 is 0. The first kappa shape index (κ1) is 11.7. The Labute approximate surface area is 92.9 Å². The van der Waals surface area contributed by atoms with Crippen LogP contribution in [0.4, 0.5) is 13.2 Å². The van der Waals surface area contributed by atoms with Crippen LogP contribution >= 0.6 is 0 Å². The maximum atomic E-state index is 12.1. The zero-order chi connectivity index (χ0) is 12.7. The van der Waals surface area contributed by atoms with Crippen LogP contribution in [0.3, 0.4) is 0 Å². The summed E-state index contributed by atoms with van der Waals surface area (Å²) in [7, 11) is -5.69. The highest BCUT2D eigenvalue weighted by Gasteiger charge is 2.48. The Kier molecular flexibility index (Phi) is 2.49. The van der Waals surface area contributed by atoms with E-state index in [2.05, 4.69) is 9.17 Å². The van der Waals surface area contributed by atoms with Crippen LogP contribution in [0.1, 0.15) is 0 Å². The zero-order valence-corrected chi connectivity index (χ0v) is 8.75. The van der Waals surface area contributed by atoms with Gasteiger partial charge in [0.05, 0.1) is 11.6 Å². The van der Waals surface area contributed by atoms with Crippen molar-refractivity contribution in [3.05, 3.63) is 24.7 Å². The van der Waals surface area contributed by atoms with Crippen molar-refractivity contribution in [2.24, 2.45) is 0 Å². The molecule has 9 heteroatoms. The number of pyridine rings is 1. The molecule has 92 valence electrons. The Balaban J connectivity index is 2.44. The Bertz CT molecular complexity index is 646. The van der Waals surface area contributed by atoms with Crippen molar-refractivity contribution in [2.45, 2.75) is 5.51 Å². The van der Waals surface area contributed by atoms with Gasteiger partial charge >= 0.3 is 15.6 Å². The second kappa shape index (κ2) is 3.62. The lowest BCUT2D eigenvalue weighted by Gasteiger charge is -2.07. The fourth-order valence-corrected chi connectivity index (χ4v) is 1.55. The highest BCUT2D eigenvalue weighted by molar-refractivity contribution is 7.88. The van der Waals surface area contributed by atoms with Crippen LogP contribution in [-0.2, 0) is 10.1 Å². The van der Waals surface area contributed by atoms with E-state index in [9.17, 15) is 21.6 Å². The van der Waals surface area contributed by atoms with Gasteiger partial charge in [0.25, 0.3) is 0 Å². The van der Waals surface area contributed by atoms with Crippen molar-refractivity contribution < 1.29 is 30.2 Å². The molecule has 17 heavy (non-hydrogen) atoms. The first-order valence-electron chi connectivity index (χ1n) is 4.13. The Hall–Kier alpha value is -1.77. The molecule has 0 radical (unpaired) electrons. The SMILES string of the molecule is O=S(=O)(Oc1coc2cnccc12)C(F)(F)F. The van der Waals surface area contributed by atoms with Crippen LogP contribution in [0.5, 0.6) is 5.75 Å². The molecule has 0 saturated heterocycles. The average molecular weight is 267 g/mol. The van der Waals surface area contributed by atoms with Crippen molar-refractivity contribution in [2.75, 3.05) is 0 Å². The zero-order valence-electron chi connectivity index (χ0n) is 7.93. The maximum Gasteiger partial charge on any atom is 0.534 e. The van der Waals surface area contributed by atoms with Gasteiger partial charge in [0, 0.05) is 6.20 Å². The van der Waals surface area contributed by atoms with E-state index in [1.165, 1.54) is 18.5 Å². The molecule has 2 aromatic rings. The predicted molar refractivity (Wildman–Crippen MR) is 49.6 cm³/mol. The van der Waals surface area contributed by atoms with Gasteiger partial charge in [-0.3, -0.25) is 4.98 Å². The van der Waals surface area contributed by atoms with Crippen molar-refractivity contribution in [1.29, 1.82) is 0 Å². The van der Waals surface area contributed by atoms with Crippen LogP contribution < -0.4 is 4.18 Å². The number of alkyl halides is 3. The molecule has 0 atom stereocenters. The Morgan fingerprint density at radius 3 is 2.71 bits per heavy atom. The van der Waals surface area contributed by atoms with E-state index in [0.29, 0.717) is 0 Å². The van der Waals surface area contributed by atoms with E-state index >= 15 is 0 Å². The summed E-state index contributed by atoms with van der Waals surface area (Å²) in [5, 5.41) is 0.0906. The standard InChI is InChI=1S/C8H4F3NO4S/c9-8(10,11)17(13,14)16-7-4-15-6-3-12-2-1-5(6)7/h1-4H. The van der Waals surface area contributed by atoms with Gasteiger partial charge in [0.1, 0.15) is 6.26 Å². The minimum absolute atomic E-state index is 0.0906. The molecule has 0 aliphatic rings. The number of nitrogens with zero attached hydrogens (tertiary/aromatic N) is 1. The molecular formula is C8H4F3NO4S. The van der Waals surface area contributed by atoms with Gasteiger partial charge in [0.15, 0.2) is 11.3 Å². The van der Waals surface area contributed by atoms with Gasteiger partial charge in [-0.15, -0.1) is 0 Å². The molecule has 2 heterocycles. The van der Waals surface area contributed by atoms with Crippen LogP contribution in [0.15, 0.2) is 29.1 Å². The number of halogens is 3. The summed E-state index contributed by atoms with van der Waals surface area (Å²) in [6, 6.07) is 1.28. The quantitative estimate of drug-likeness (QED) is 0.615. The predicted octanol–water partition coefficient (Wildman–Crippen LogP) is 2.06. The van der Waals surface area contributed by atoms with Gasteiger partial charge < -0.3 is 8.60 Å². The third-order valence-corrected chi connectivity index (χ3v) is 2.79. The fraction of sp³-hybridized carbons (Fsp3) is 0.125. The van der Waals surface area contributed by atoms with Gasteiger partial charge in [-0.05, 0) is 6.07 Å². The lowest BCUT2D eigenvalue weighted by Crippen LogP contribution is -2.27. The highest BCUT2D eigenvalue weighted by Crippen LogP contribution is 2.32. The maximum absolute atomic E-state index is 12.1. The Morgan fingerprint density at radius 2 is 2.06 bits per heavy atom. The number of hydrogen-bond donors (Lipinski definition) is 0. The van der Waals surface area contributed by atoms with E-state index in [0.717, 1.165) is 6.26 Å². The van der Waals surface area contributed by atoms with E-state index in [4.69, 9.17) is 4.42 Å². The highest BCUT2D eigenvalue weighted by atomic mass is 32.2. The van der Waals surface area contributed by atoms with Crippen LogP contribution in [0, 0.1) is 0 Å². The third-order valence-electron chi connectivity index (χ3n) is 1.83. The lowest BCUT2D eigenvalue weighted by molar-refractivity contribution is -0.0499. The van der Waals surface area contributed by atoms with Crippen LogP contribution in [-0.4, -0.2) is 18.9 Å². The minimum atomic E-state index is -5.69. The van der Waals surface area contributed by atoms with E-state index < -0.39 is 21.4 Å². The molecule has 5 nitrogen and oxygen atoms in total. The van der Waals surface area contributed by atoms with Gasteiger partial charge in [-0.25, -0.2) is 0 Å². The summed E-state index contributed by atoms with van der Waals surface area (Å²) in [5.41, 5.74) is -5.36. The molecule has 0 amide bonds. The van der Waals surface area contributed by atoms with Gasteiger partial charge in [-0.1, -0.05) is 0 Å². The molecule has 0 aliphatic carbocycles. The molecule has 0 saturated carbocycles. The topological polar surface area (TPSA) is 69.4 Å². The number of rotatable bonds is 2. The molecule has 2 rings (SSSR count). The van der Waals surface area contributed by atoms with Crippen molar-refractivity contribution >= 4 is 21.1 Å². The monoisotopic (exact) mass is 267 g/mol. The van der Waals surface area contributed by atoms with Gasteiger partial charge in [-0.2, -0.15) is 21.6 Å². The van der Waals surface area contributed by atoms with Crippen molar-refractivity contribution in [3.8, 4) is 5.75 Å². The van der Waals surface area contributed by atoms with Crippen LogP contribution in [0.25, 0.3) is 11.0 Å². The molecule has 0 aliphatic heterocycles. The molecule has 0 spiro atoms. The summed E-state index contributed by atoms with van der Waals surface area (Å²) in [6.45, 7) is 0.